The van der Waals surface area contributed by atoms with Gasteiger partial charge in [-0.15, -0.1) is 0 Å². The van der Waals surface area contributed by atoms with Gasteiger partial charge in [0.25, 0.3) is 0 Å². The molecule has 0 amide bonds. The van der Waals surface area contributed by atoms with Crippen molar-refractivity contribution < 1.29 is 4.74 Å². The number of rotatable bonds is 4. The highest BCUT2D eigenvalue weighted by Crippen LogP contribution is 2.26. The molecule has 4 rings (SSSR count). The number of aromatic nitrogens is 2. The monoisotopic (exact) mass is 353 g/mol. The molecule has 1 fully saturated rings. The fraction of sp³-hybridized carbons (Fsp3) is 0.300. The molecule has 0 spiro atoms. The second-order valence-electron chi connectivity index (χ2n) is 6.35. The molecule has 0 atom stereocenters. The highest BCUT2D eigenvalue weighted by Gasteiger charge is 2.17. The van der Waals surface area contributed by atoms with Crippen LogP contribution in [0.5, 0.6) is 5.88 Å². The average molecular weight is 354 g/mol. The number of nitrogens with one attached hydrogen (secondary N) is 1. The third kappa shape index (κ3) is 3.75. The Bertz CT molecular complexity index is 878. The van der Waals surface area contributed by atoms with Crippen LogP contribution in [0.2, 0.25) is 5.02 Å². The Morgan fingerprint density at radius 2 is 2.00 bits per heavy atom. The molecule has 25 heavy (non-hydrogen) atoms. The number of ether oxygens (including phenoxy) is 1. The average Bonchev–Trinajstić information content (AvgIpc) is 2.67. The minimum Gasteiger partial charge on any atom is -0.473 e. The van der Waals surface area contributed by atoms with Gasteiger partial charge in [0.15, 0.2) is 0 Å². The summed E-state index contributed by atoms with van der Waals surface area (Å²) in [5, 5.41) is 5.10. The molecule has 0 saturated carbocycles. The van der Waals surface area contributed by atoms with Crippen molar-refractivity contribution in [3.8, 4) is 5.88 Å². The van der Waals surface area contributed by atoms with Crippen LogP contribution in [-0.2, 0) is 6.61 Å². The minimum atomic E-state index is 0.400. The van der Waals surface area contributed by atoms with E-state index in [4.69, 9.17) is 21.3 Å². The largest absolute Gasteiger partial charge is 0.473 e. The first-order valence-electron chi connectivity index (χ1n) is 8.63. The first-order chi connectivity index (χ1) is 12.3. The molecule has 4 nitrogen and oxygen atoms in total. The second kappa shape index (κ2) is 7.38. The minimum absolute atomic E-state index is 0.400. The summed E-state index contributed by atoms with van der Waals surface area (Å²) in [6.45, 7) is 2.51. The van der Waals surface area contributed by atoms with E-state index in [9.17, 15) is 0 Å². The van der Waals surface area contributed by atoms with Gasteiger partial charge >= 0.3 is 0 Å². The zero-order valence-corrected chi connectivity index (χ0v) is 14.7. The molecular formula is C20H20ClN3O. The maximum atomic E-state index is 6.23. The lowest BCUT2D eigenvalue weighted by molar-refractivity contribution is 0.292. The maximum absolute atomic E-state index is 6.23. The molecule has 1 aromatic carbocycles. The van der Waals surface area contributed by atoms with Crippen LogP contribution in [0, 0.1) is 0 Å². The standard InChI is InChI=1S/C20H20ClN3O/c21-17-11-15-3-2-8-23-20(15)16(12-17)13-25-19-5-1-4-18(24-19)14-6-9-22-10-7-14/h1-5,8,11-12,14,22H,6-7,9-10,13H2. The Morgan fingerprint density at radius 1 is 1.12 bits per heavy atom. The van der Waals surface area contributed by atoms with Crippen molar-refractivity contribution in [3.63, 3.8) is 0 Å². The zero-order chi connectivity index (χ0) is 17.1. The number of fused-ring (bicyclic) bond motifs is 1. The Hall–Kier alpha value is -2.17. The van der Waals surface area contributed by atoms with Crippen molar-refractivity contribution in [2.45, 2.75) is 25.4 Å². The SMILES string of the molecule is Clc1cc(COc2cccc(C3CCNCC3)n2)c2ncccc2c1. The van der Waals surface area contributed by atoms with E-state index in [2.05, 4.69) is 16.4 Å². The molecule has 3 heterocycles. The molecule has 1 saturated heterocycles. The Labute approximate surface area is 152 Å². The van der Waals surface area contributed by atoms with Gasteiger partial charge in [-0.2, -0.15) is 0 Å². The van der Waals surface area contributed by atoms with Gasteiger partial charge in [-0.1, -0.05) is 23.7 Å². The fourth-order valence-corrected chi connectivity index (χ4v) is 3.59. The highest BCUT2D eigenvalue weighted by atomic mass is 35.5. The van der Waals surface area contributed by atoms with Crippen molar-refractivity contribution in [1.82, 2.24) is 15.3 Å². The lowest BCUT2D eigenvalue weighted by Gasteiger charge is -2.22. The zero-order valence-electron chi connectivity index (χ0n) is 13.9. The number of pyridine rings is 2. The summed E-state index contributed by atoms with van der Waals surface area (Å²) < 4.78 is 5.96. The predicted octanol–water partition coefficient (Wildman–Crippen LogP) is 4.33. The lowest BCUT2D eigenvalue weighted by atomic mass is 9.94. The smallest absolute Gasteiger partial charge is 0.213 e. The number of halogens is 1. The van der Waals surface area contributed by atoms with Gasteiger partial charge in [-0.3, -0.25) is 4.98 Å². The highest BCUT2D eigenvalue weighted by molar-refractivity contribution is 6.31. The molecule has 0 bridgehead atoms. The first-order valence-corrected chi connectivity index (χ1v) is 9.01. The summed E-state index contributed by atoms with van der Waals surface area (Å²) in [4.78, 5) is 9.17. The van der Waals surface area contributed by atoms with Gasteiger partial charge in [0, 0.05) is 39.8 Å². The predicted molar refractivity (Wildman–Crippen MR) is 100 cm³/mol. The van der Waals surface area contributed by atoms with E-state index in [1.807, 2.05) is 36.4 Å². The van der Waals surface area contributed by atoms with E-state index in [1.54, 1.807) is 6.20 Å². The van der Waals surface area contributed by atoms with E-state index >= 15 is 0 Å². The summed E-state index contributed by atoms with van der Waals surface area (Å²) in [7, 11) is 0. The van der Waals surface area contributed by atoms with Gasteiger partial charge in [0.05, 0.1) is 5.52 Å². The lowest BCUT2D eigenvalue weighted by Crippen LogP contribution is -2.27. The van der Waals surface area contributed by atoms with Crippen LogP contribution in [0.1, 0.15) is 30.0 Å². The van der Waals surface area contributed by atoms with Gasteiger partial charge in [0.2, 0.25) is 5.88 Å². The summed E-state index contributed by atoms with van der Waals surface area (Å²) in [5.41, 5.74) is 3.01. The molecule has 128 valence electrons. The van der Waals surface area contributed by atoms with Crippen molar-refractivity contribution in [3.05, 3.63) is 64.9 Å². The summed E-state index contributed by atoms with van der Waals surface area (Å²) >= 11 is 6.23. The van der Waals surface area contributed by atoms with Crippen LogP contribution in [0.4, 0.5) is 0 Å². The Balaban J connectivity index is 1.54. The number of benzene rings is 1. The quantitative estimate of drug-likeness (QED) is 0.758. The number of piperidine rings is 1. The molecule has 3 aromatic rings. The molecule has 0 unspecified atom stereocenters. The summed E-state index contributed by atoms with van der Waals surface area (Å²) in [6.07, 6.45) is 4.04. The molecule has 0 radical (unpaired) electrons. The summed E-state index contributed by atoms with van der Waals surface area (Å²) in [5.74, 6) is 1.17. The number of nitrogens with zero attached hydrogens (tertiary/aromatic N) is 2. The normalized spacial score (nSPS) is 15.4. The molecular weight excluding hydrogens is 334 g/mol. The van der Waals surface area contributed by atoms with Gasteiger partial charge in [0.1, 0.15) is 6.61 Å². The molecule has 1 N–H and O–H groups in total. The number of hydrogen-bond acceptors (Lipinski definition) is 4. The third-order valence-electron chi connectivity index (χ3n) is 4.63. The molecule has 1 aliphatic rings. The van der Waals surface area contributed by atoms with E-state index in [0.29, 0.717) is 23.4 Å². The molecule has 2 aromatic heterocycles. The van der Waals surface area contributed by atoms with Crippen molar-refractivity contribution in [2.75, 3.05) is 13.1 Å². The van der Waals surface area contributed by atoms with Crippen LogP contribution in [0.15, 0.2) is 48.7 Å². The first kappa shape index (κ1) is 16.3. The second-order valence-corrected chi connectivity index (χ2v) is 6.79. The van der Waals surface area contributed by atoms with Crippen molar-refractivity contribution in [1.29, 1.82) is 0 Å². The molecule has 1 aliphatic heterocycles. The third-order valence-corrected chi connectivity index (χ3v) is 4.84. The van der Waals surface area contributed by atoms with Gasteiger partial charge < -0.3 is 10.1 Å². The van der Waals surface area contributed by atoms with Crippen LogP contribution < -0.4 is 10.1 Å². The topological polar surface area (TPSA) is 47.0 Å². The Kier molecular flexibility index (Phi) is 4.81. The van der Waals surface area contributed by atoms with E-state index in [-0.39, 0.29) is 0 Å². The molecule has 5 heteroatoms. The van der Waals surface area contributed by atoms with E-state index < -0.39 is 0 Å². The summed E-state index contributed by atoms with van der Waals surface area (Å²) in [6, 6.07) is 13.8. The molecule has 0 aliphatic carbocycles. The van der Waals surface area contributed by atoms with E-state index in [1.165, 1.54) is 0 Å². The van der Waals surface area contributed by atoms with Gasteiger partial charge in [-0.25, -0.2) is 4.98 Å². The van der Waals surface area contributed by atoms with Crippen LogP contribution >= 0.6 is 11.6 Å². The van der Waals surface area contributed by atoms with Crippen LogP contribution in [0.25, 0.3) is 10.9 Å². The fourth-order valence-electron chi connectivity index (χ4n) is 3.35. The van der Waals surface area contributed by atoms with E-state index in [0.717, 1.165) is 48.1 Å². The van der Waals surface area contributed by atoms with Crippen molar-refractivity contribution in [2.24, 2.45) is 0 Å². The number of hydrogen-bond donors (Lipinski definition) is 1. The van der Waals surface area contributed by atoms with Crippen LogP contribution in [-0.4, -0.2) is 23.1 Å². The van der Waals surface area contributed by atoms with Crippen molar-refractivity contribution >= 4 is 22.5 Å². The maximum Gasteiger partial charge on any atom is 0.213 e. The van der Waals surface area contributed by atoms with Crippen LogP contribution in [0.3, 0.4) is 0 Å². The van der Waals surface area contributed by atoms with Gasteiger partial charge in [-0.05, 0) is 50.2 Å². The Morgan fingerprint density at radius 3 is 2.88 bits per heavy atom.